The highest BCUT2D eigenvalue weighted by Gasteiger charge is 2.16. The molecule has 3 aromatic rings. The Morgan fingerprint density at radius 3 is 1.81 bits per heavy atom. The normalized spacial score (nSPS) is 10.4. The average Bonchev–Trinajstić information content (AvgIpc) is 2.67. The summed E-state index contributed by atoms with van der Waals surface area (Å²) in [4.78, 5) is 11.7. The summed E-state index contributed by atoms with van der Waals surface area (Å²) in [7, 11) is 0. The SMILES string of the molecule is O=C(Cl)c1cc(Br)c(OCc2ccccc2)cc1OCc1ccccc1. The lowest BCUT2D eigenvalue weighted by Crippen LogP contribution is -2.03. The first-order chi connectivity index (χ1) is 12.6. The smallest absolute Gasteiger partial charge is 0.256 e. The van der Waals surface area contributed by atoms with E-state index < -0.39 is 5.24 Å². The molecule has 0 fully saturated rings. The van der Waals surface area contributed by atoms with E-state index in [1.54, 1.807) is 12.1 Å². The molecule has 3 rings (SSSR count). The molecule has 0 radical (unpaired) electrons. The highest BCUT2D eigenvalue weighted by Crippen LogP contribution is 2.35. The lowest BCUT2D eigenvalue weighted by Gasteiger charge is -2.14. The van der Waals surface area contributed by atoms with E-state index in [9.17, 15) is 4.79 Å². The van der Waals surface area contributed by atoms with E-state index >= 15 is 0 Å². The van der Waals surface area contributed by atoms with Crippen LogP contribution in [0.4, 0.5) is 0 Å². The van der Waals surface area contributed by atoms with Gasteiger partial charge in [0.25, 0.3) is 5.24 Å². The van der Waals surface area contributed by atoms with Crippen LogP contribution in [0.25, 0.3) is 0 Å². The molecule has 3 nitrogen and oxygen atoms in total. The van der Waals surface area contributed by atoms with Crippen molar-refractivity contribution in [2.75, 3.05) is 0 Å². The van der Waals surface area contributed by atoms with Crippen LogP contribution in [-0.4, -0.2) is 5.24 Å². The molecule has 0 unspecified atom stereocenters. The van der Waals surface area contributed by atoms with Crippen molar-refractivity contribution in [3.05, 3.63) is 94.0 Å². The van der Waals surface area contributed by atoms with Gasteiger partial charge in [0.1, 0.15) is 24.7 Å². The zero-order valence-corrected chi connectivity index (χ0v) is 16.2. The molecule has 26 heavy (non-hydrogen) atoms. The zero-order valence-electron chi connectivity index (χ0n) is 13.8. The molecule has 0 heterocycles. The van der Waals surface area contributed by atoms with Gasteiger partial charge in [-0.3, -0.25) is 4.79 Å². The molecule has 3 aromatic carbocycles. The highest BCUT2D eigenvalue weighted by atomic mass is 79.9. The van der Waals surface area contributed by atoms with Crippen LogP contribution in [0.15, 0.2) is 77.3 Å². The Labute approximate surface area is 165 Å². The van der Waals surface area contributed by atoms with Crippen LogP contribution in [0.5, 0.6) is 11.5 Å². The van der Waals surface area contributed by atoms with E-state index in [0.717, 1.165) is 11.1 Å². The first-order valence-corrected chi connectivity index (χ1v) is 9.17. The highest BCUT2D eigenvalue weighted by molar-refractivity contribution is 9.10. The second-order valence-electron chi connectivity index (χ2n) is 5.60. The number of carbonyl (C=O) groups is 1. The Bertz CT molecular complexity index is 883. The molecule has 0 saturated heterocycles. The molecular weight excluding hydrogens is 416 g/mol. The monoisotopic (exact) mass is 430 g/mol. The van der Waals surface area contributed by atoms with Crippen LogP contribution in [0.1, 0.15) is 21.5 Å². The maximum absolute atomic E-state index is 11.7. The summed E-state index contributed by atoms with van der Waals surface area (Å²) in [5.41, 5.74) is 2.33. The average molecular weight is 432 g/mol. The van der Waals surface area contributed by atoms with E-state index in [2.05, 4.69) is 15.9 Å². The second-order valence-corrected chi connectivity index (χ2v) is 6.80. The summed E-state index contributed by atoms with van der Waals surface area (Å²) in [6.07, 6.45) is 0. The second kappa shape index (κ2) is 8.88. The van der Waals surface area contributed by atoms with Crippen molar-refractivity contribution in [2.24, 2.45) is 0 Å². The Hall–Kier alpha value is -2.30. The van der Waals surface area contributed by atoms with Gasteiger partial charge in [-0.15, -0.1) is 0 Å². The summed E-state index contributed by atoms with van der Waals surface area (Å²) >= 11 is 9.13. The fraction of sp³-hybridized carbons (Fsp3) is 0.0952. The van der Waals surface area contributed by atoms with Gasteiger partial charge in [0, 0.05) is 6.07 Å². The van der Waals surface area contributed by atoms with Crippen molar-refractivity contribution in [3.8, 4) is 11.5 Å². The number of rotatable bonds is 7. The number of carbonyl (C=O) groups excluding carboxylic acids is 1. The van der Waals surface area contributed by atoms with Gasteiger partial charge in [0.05, 0.1) is 10.0 Å². The molecule has 0 spiro atoms. The van der Waals surface area contributed by atoms with Gasteiger partial charge in [-0.25, -0.2) is 0 Å². The molecule has 5 heteroatoms. The predicted octanol–water partition coefficient (Wildman–Crippen LogP) is 5.99. The minimum Gasteiger partial charge on any atom is -0.488 e. The van der Waals surface area contributed by atoms with E-state index in [1.807, 2.05) is 60.7 Å². The molecule has 132 valence electrons. The lowest BCUT2D eigenvalue weighted by atomic mass is 10.2. The first-order valence-electron chi connectivity index (χ1n) is 8.00. The van der Waals surface area contributed by atoms with Crippen molar-refractivity contribution >= 4 is 32.8 Å². The van der Waals surface area contributed by atoms with Gasteiger partial charge in [-0.2, -0.15) is 0 Å². The third kappa shape index (κ3) is 4.87. The summed E-state index contributed by atoms with van der Waals surface area (Å²) in [5, 5.41) is -0.580. The summed E-state index contributed by atoms with van der Waals surface area (Å²) < 4.78 is 12.3. The van der Waals surface area contributed by atoms with Gasteiger partial charge in [0.15, 0.2) is 0 Å². The van der Waals surface area contributed by atoms with Gasteiger partial charge in [0.2, 0.25) is 0 Å². The van der Waals surface area contributed by atoms with Crippen LogP contribution < -0.4 is 9.47 Å². The molecular formula is C21H16BrClO3. The lowest BCUT2D eigenvalue weighted by molar-refractivity contribution is 0.107. The van der Waals surface area contributed by atoms with Crippen LogP contribution in [0.2, 0.25) is 0 Å². The van der Waals surface area contributed by atoms with E-state index in [4.69, 9.17) is 21.1 Å². The van der Waals surface area contributed by atoms with E-state index in [-0.39, 0.29) is 0 Å². The molecule has 0 aliphatic carbocycles. The Morgan fingerprint density at radius 2 is 1.31 bits per heavy atom. The number of halogens is 2. The van der Waals surface area contributed by atoms with E-state index in [0.29, 0.717) is 34.7 Å². The largest absolute Gasteiger partial charge is 0.488 e. The maximum Gasteiger partial charge on any atom is 0.256 e. The summed E-state index contributed by atoms with van der Waals surface area (Å²) in [5.74, 6) is 0.971. The molecule has 0 N–H and O–H groups in total. The fourth-order valence-electron chi connectivity index (χ4n) is 2.39. The minimum atomic E-state index is -0.580. The quantitative estimate of drug-likeness (QED) is 0.431. The Kier molecular flexibility index (Phi) is 6.31. The molecule has 0 aromatic heterocycles. The molecule has 0 bridgehead atoms. The van der Waals surface area contributed by atoms with Gasteiger partial charge in [-0.05, 0) is 44.7 Å². The molecule has 0 aliphatic rings. The van der Waals surface area contributed by atoms with Crippen molar-refractivity contribution in [3.63, 3.8) is 0 Å². The Balaban J connectivity index is 1.80. The van der Waals surface area contributed by atoms with Gasteiger partial charge >= 0.3 is 0 Å². The van der Waals surface area contributed by atoms with Crippen molar-refractivity contribution < 1.29 is 14.3 Å². The predicted molar refractivity (Wildman–Crippen MR) is 106 cm³/mol. The van der Waals surface area contributed by atoms with Crippen molar-refractivity contribution in [1.29, 1.82) is 0 Å². The van der Waals surface area contributed by atoms with Crippen molar-refractivity contribution in [2.45, 2.75) is 13.2 Å². The van der Waals surface area contributed by atoms with Crippen LogP contribution in [0.3, 0.4) is 0 Å². The molecule has 0 saturated carbocycles. The first kappa shape index (κ1) is 18.5. The van der Waals surface area contributed by atoms with Crippen molar-refractivity contribution in [1.82, 2.24) is 0 Å². The number of hydrogen-bond donors (Lipinski definition) is 0. The number of ether oxygens (including phenoxy) is 2. The zero-order chi connectivity index (χ0) is 18.4. The maximum atomic E-state index is 11.7. The third-order valence-corrected chi connectivity index (χ3v) is 4.54. The number of hydrogen-bond acceptors (Lipinski definition) is 3. The van der Waals surface area contributed by atoms with E-state index in [1.165, 1.54) is 0 Å². The van der Waals surface area contributed by atoms with Crippen LogP contribution in [-0.2, 0) is 13.2 Å². The van der Waals surface area contributed by atoms with Crippen LogP contribution >= 0.6 is 27.5 Å². The standard InChI is InChI=1S/C21H16BrClO3/c22-18-11-17(21(23)24)19(25-13-15-7-3-1-4-8-15)12-20(18)26-14-16-9-5-2-6-10-16/h1-12H,13-14H2. The summed E-state index contributed by atoms with van der Waals surface area (Å²) in [6, 6.07) is 22.8. The van der Waals surface area contributed by atoms with Gasteiger partial charge in [-0.1, -0.05) is 60.7 Å². The summed E-state index contributed by atoms with van der Waals surface area (Å²) in [6.45, 7) is 0.740. The number of benzene rings is 3. The topological polar surface area (TPSA) is 35.5 Å². The minimum absolute atomic E-state index is 0.293. The molecule has 0 atom stereocenters. The fourth-order valence-corrected chi connectivity index (χ4v) is 2.99. The molecule has 0 aliphatic heterocycles. The van der Waals surface area contributed by atoms with Crippen LogP contribution in [0, 0.1) is 0 Å². The van der Waals surface area contributed by atoms with Gasteiger partial charge < -0.3 is 9.47 Å². The molecule has 0 amide bonds. The third-order valence-electron chi connectivity index (χ3n) is 3.72. The Morgan fingerprint density at radius 1 is 0.808 bits per heavy atom.